The van der Waals surface area contributed by atoms with Crippen LogP contribution in [0.15, 0.2) is 24.8 Å². The first-order valence-electron chi connectivity index (χ1n) is 5.49. The molecule has 1 aliphatic heterocycles. The maximum atomic E-state index is 6.07. The summed E-state index contributed by atoms with van der Waals surface area (Å²) in [6.07, 6.45) is 5.55. The van der Waals surface area contributed by atoms with Gasteiger partial charge in [-0.05, 0) is 33.1 Å². The molecule has 0 aliphatic carbocycles. The molecule has 0 saturated carbocycles. The Balaban J connectivity index is 2.73. The molecule has 0 spiro atoms. The van der Waals surface area contributed by atoms with Crippen molar-refractivity contribution in [3.63, 3.8) is 0 Å². The topological polar surface area (TPSA) is 9.23 Å². The Hall–Kier alpha value is -0.560. The Bertz CT molecular complexity index is 231. The Morgan fingerprint density at radius 1 is 1.64 bits per heavy atom. The molecule has 3 atom stereocenters. The summed E-state index contributed by atoms with van der Waals surface area (Å²) in [5.41, 5.74) is 1.13. The molecule has 1 fully saturated rings. The van der Waals surface area contributed by atoms with E-state index in [2.05, 4.69) is 33.9 Å². The van der Waals surface area contributed by atoms with Crippen LogP contribution in [-0.2, 0) is 4.74 Å². The summed E-state index contributed by atoms with van der Waals surface area (Å²) in [6.45, 7) is 14.3. The number of hydrogen-bond acceptors (Lipinski definition) is 1. The molecule has 0 unspecified atom stereocenters. The van der Waals surface area contributed by atoms with Crippen LogP contribution in [0.25, 0.3) is 0 Å². The van der Waals surface area contributed by atoms with Gasteiger partial charge >= 0.3 is 0 Å². The van der Waals surface area contributed by atoms with Crippen LogP contribution in [0.3, 0.4) is 0 Å². The van der Waals surface area contributed by atoms with E-state index in [4.69, 9.17) is 4.74 Å². The minimum atomic E-state index is -0.118. The molecular formula is C13H22O. The van der Waals surface area contributed by atoms with Crippen LogP contribution in [0.2, 0.25) is 0 Å². The summed E-state index contributed by atoms with van der Waals surface area (Å²) in [4.78, 5) is 0. The van der Waals surface area contributed by atoms with Gasteiger partial charge in [0.2, 0.25) is 0 Å². The molecule has 1 heteroatoms. The molecule has 14 heavy (non-hydrogen) atoms. The van der Waals surface area contributed by atoms with Crippen LogP contribution in [0.1, 0.15) is 40.0 Å². The molecule has 0 amide bonds. The predicted octanol–water partition coefficient (Wildman–Crippen LogP) is 3.71. The molecule has 80 valence electrons. The van der Waals surface area contributed by atoms with Crippen molar-refractivity contribution in [3.8, 4) is 0 Å². The third-order valence-corrected chi connectivity index (χ3v) is 3.29. The normalized spacial score (nSPS) is 37.9. The van der Waals surface area contributed by atoms with E-state index in [1.54, 1.807) is 0 Å². The highest BCUT2D eigenvalue weighted by molar-refractivity contribution is 5.06. The fourth-order valence-electron chi connectivity index (χ4n) is 2.20. The second-order valence-corrected chi connectivity index (χ2v) is 4.57. The average molecular weight is 194 g/mol. The van der Waals surface area contributed by atoms with Crippen molar-refractivity contribution in [1.82, 2.24) is 0 Å². The van der Waals surface area contributed by atoms with Crippen LogP contribution in [0.5, 0.6) is 0 Å². The lowest BCUT2D eigenvalue weighted by Gasteiger charge is -2.41. The molecule has 0 bridgehead atoms. The highest BCUT2D eigenvalue weighted by Crippen LogP contribution is 2.37. The SMILES string of the molecule is C=C[C@]1(C)CC[C@@H](C(=C)C)[C@H](CC)O1. The van der Waals surface area contributed by atoms with Gasteiger partial charge < -0.3 is 4.74 Å². The smallest absolute Gasteiger partial charge is 0.0836 e. The van der Waals surface area contributed by atoms with Crippen molar-refractivity contribution in [2.45, 2.75) is 51.7 Å². The maximum Gasteiger partial charge on any atom is 0.0836 e. The lowest BCUT2D eigenvalue weighted by molar-refractivity contribution is -0.110. The standard InChI is InChI=1S/C13H22O/c1-6-12-11(10(3)4)8-9-13(5,7-2)14-12/h7,11-12H,2-3,6,8-9H2,1,4-5H3/t11-,12-,13+/m0/s1. The second-order valence-electron chi connectivity index (χ2n) is 4.57. The fourth-order valence-corrected chi connectivity index (χ4v) is 2.20. The van der Waals surface area contributed by atoms with E-state index in [0.717, 1.165) is 12.8 Å². The van der Waals surface area contributed by atoms with Crippen molar-refractivity contribution in [1.29, 1.82) is 0 Å². The lowest BCUT2D eigenvalue weighted by Crippen LogP contribution is -2.41. The number of rotatable bonds is 3. The quantitative estimate of drug-likeness (QED) is 0.622. The van der Waals surface area contributed by atoms with Crippen LogP contribution in [-0.4, -0.2) is 11.7 Å². The third-order valence-electron chi connectivity index (χ3n) is 3.29. The molecule has 1 nitrogen and oxygen atoms in total. The maximum absolute atomic E-state index is 6.07. The van der Waals surface area contributed by atoms with Gasteiger partial charge in [-0.3, -0.25) is 0 Å². The summed E-state index contributed by atoms with van der Waals surface area (Å²) in [5, 5.41) is 0. The van der Waals surface area contributed by atoms with E-state index in [1.165, 1.54) is 12.0 Å². The van der Waals surface area contributed by atoms with Gasteiger partial charge in [-0.25, -0.2) is 0 Å². The van der Waals surface area contributed by atoms with Crippen LogP contribution >= 0.6 is 0 Å². The van der Waals surface area contributed by atoms with Gasteiger partial charge in [-0.2, -0.15) is 0 Å². The zero-order chi connectivity index (χ0) is 10.8. The third kappa shape index (κ3) is 2.27. The van der Waals surface area contributed by atoms with E-state index < -0.39 is 0 Å². The van der Waals surface area contributed by atoms with Crippen LogP contribution in [0, 0.1) is 5.92 Å². The Kier molecular flexibility index (Phi) is 3.54. The Labute approximate surface area is 87.8 Å². The Morgan fingerprint density at radius 2 is 2.29 bits per heavy atom. The summed E-state index contributed by atoms with van der Waals surface area (Å²) in [6, 6.07) is 0. The molecule has 1 heterocycles. The van der Waals surface area contributed by atoms with Gasteiger partial charge in [0.15, 0.2) is 0 Å². The fraction of sp³-hybridized carbons (Fsp3) is 0.692. The van der Waals surface area contributed by atoms with Crippen molar-refractivity contribution in [2.75, 3.05) is 0 Å². The van der Waals surface area contributed by atoms with Crippen LogP contribution < -0.4 is 0 Å². The molecule has 1 saturated heterocycles. The Morgan fingerprint density at radius 3 is 2.71 bits per heavy atom. The van der Waals surface area contributed by atoms with E-state index in [1.807, 2.05) is 6.08 Å². The van der Waals surface area contributed by atoms with E-state index in [-0.39, 0.29) is 5.60 Å². The first-order chi connectivity index (χ1) is 6.52. The largest absolute Gasteiger partial charge is 0.367 e. The van der Waals surface area contributed by atoms with E-state index in [0.29, 0.717) is 12.0 Å². The number of ether oxygens (including phenoxy) is 1. The van der Waals surface area contributed by atoms with Crippen molar-refractivity contribution >= 4 is 0 Å². The zero-order valence-corrected chi connectivity index (χ0v) is 9.68. The average Bonchev–Trinajstić information content (AvgIpc) is 2.17. The van der Waals surface area contributed by atoms with Crippen molar-refractivity contribution in [3.05, 3.63) is 24.8 Å². The molecule has 0 aromatic heterocycles. The first-order valence-corrected chi connectivity index (χ1v) is 5.49. The van der Waals surface area contributed by atoms with Crippen molar-refractivity contribution in [2.24, 2.45) is 5.92 Å². The van der Waals surface area contributed by atoms with Gasteiger partial charge in [-0.1, -0.05) is 25.2 Å². The molecule has 1 rings (SSSR count). The molecular weight excluding hydrogens is 172 g/mol. The first kappa shape index (κ1) is 11.5. The van der Waals surface area contributed by atoms with E-state index >= 15 is 0 Å². The van der Waals surface area contributed by atoms with E-state index in [9.17, 15) is 0 Å². The van der Waals surface area contributed by atoms with Crippen LogP contribution in [0.4, 0.5) is 0 Å². The summed E-state index contributed by atoms with van der Waals surface area (Å²) in [5.74, 6) is 0.535. The minimum Gasteiger partial charge on any atom is -0.367 e. The summed E-state index contributed by atoms with van der Waals surface area (Å²) in [7, 11) is 0. The molecule has 0 aromatic rings. The number of hydrogen-bond donors (Lipinski definition) is 0. The summed E-state index contributed by atoms with van der Waals surface area (Å²) < 4.78 is 6.07. The predicted molar refractivity (Wildman–Crippen MR) is 61.3 cm³/mol. The zero-order valence-electron chi connectivity index (χ0n) is 9.68. The second kappa shape index (κ2) is 4.31. The highest BCUT2D eigenvalue weighted by Gasteiger charge is 2.35. The molecule has 0 aromatic carbocycles. The van der Waals surface area contributed by atoms with Gasteiger partial charge in [-0.15, -0.1) is 6.58 Å². The monoisotopic (exact) mass is 194 g/mol. The lowest BCUT2D eigenvalue weighted by atomic mass is 9.81. The van der Waals surface area contributed by atoms with Gasteiger partial charge in [0.1, 0.15) is 0 Å². The minimum absolute atomic E-state index is 0.118. The van der Waals surface area contributed by atoms with Gasteiger partial charge in [0.05, 0.1) is 11.7 Å². The highest BCUT2D eigenvalue weighted by atomic mass is 16.5. The molecule has 1 aliphatic rings. The summed E-state index contributed by atoms with van der Waals surface area (Å²) >= 11 is 0. The van der Waals surface area contributed by atoms with Gasteiger partial charge in [0.25, 0.3) is 0 Å². The molecule has 0 N–H and O–H groups in total. The molecule has 0 radical (unpaired) electrons. The van der Waals surface area contributed by atoms with Crippen molar-refractivity contribution < 1.29 is 4.74 Å². The van der Waals surface area contributed by atoms with Gasteiger partial charge in [0, 0.05) is 5.92 Å².